The highest BCUT2D eigenvalue weighted by molar-refractivity contribution is 8.01. The van der Waals surface area contributed by atoms with E-state index < -0.39 is 0 Å². The number of aryl methyl sites for hydroxylation is 1. The minimum absolute atomic E-state index is 0.125. The molecule has 25 heavy (non-hydrogen) atoms. The number of anilines is 2. The molecule has 2 amide bonds. The third kappa shape index (κ3) is 6.15. The van der Waals surface area contributed by atoms with Crippen molar-refractivity contribution in [3.8, 4) is 5.75 Å². The lowest BCUT2D eigenvalue weighted by atomic mass is 10.2. The first kappa shape index (κ1) is 18.9. The standard InChI is InChI=1S/C19H22N2O3S/c1-13-5-4-6-16(11-13)20-18(22)12-25-14(2)19(23)21-15-7-9-17(24-3)10-8-15/h4-11,14H,12H2,1-3H3,(H,20,22)(H,21,23). The third-order valence-corrected chi connectivity index (χ3v) is 4.64. The van der Waals surface area contributed by atoms with E-state index in [1.807, 2.05) is 31.2 Å². The number of amides is 2. The number of methoxy groups -OCH3 is 1. The van der Waals surface area contributed by atoms with E-state index >= 15 is 0 Å². The predicted octanol–water partition coefficient (Wildman–Crippen LogP) is 3.70. The average molecular weight is 358 g/mol. The molecule has 1 atom stereocenters. The summed E-state index contributed by atoms with van der Waals surface area (Å²) in [7, 11) is 1.59. The van der Waals surface area contributed by atoms with E-state index in [1.165, 1.54) is 11.8 Å². The van der Waals surface area contributed by atoms with Crippen LogP contribution in [0.2, 0.25) is 0 Å². The third-order valence-electron chi connectivity index (χ3n) is 3.49. The lowest BCUT2D eigenvalue weighted by molar-refractivity contribution is -0.115. The van der Waals surface area contributed by atoms with Crippen molar-refractivity contribution in [3.05, 3.63) is 54.1 Å². The zero-order valence-electron chi connectivity index (χ0n) is 14.5. The molecule has 0 radical (unpaired) electrons. The summed E-state index contributed by atoms with van der Waals surface area (Å²) in [4.78, 5) is 24.2. The second-order valence-corrected chi connectivity index (χ2v) is 6.92. The van der Waals surface area contributed by atoms with E-state index in [-0.39, 0.29) is 22.8 Å². The van der Waals surface area contributed by atoms with Crippen LogP contribution in [0.3, 0.4) is 0 Å². The van der Waals surface area contributed by atoms with Gasteiger partial charge in [-0.2, -0.15) is 0 Å². The summed E-state index contributed by atoms with van der Waals surface area (Å²) in [5.74, 6) is 0.678. The van der Waals surface area contributed by atoms with Crippen LogP contribution >= 0.6 is 11.8 Å². The van der Waals surface area contributed by atoms with E-state index in [9.17, 15) is 9.59 Å². The van der Waals surface area contributed by atoms with Crippen LogP contribution in [0.4, 0.5) is 11.4 Å². The molecule has 0 bridgehead atoms. The monoisotopic (exact) mass is 358 g/mol. The first-order valence-electron chi connectivity index (χ1n) is 7.91. The summed E-state index contributed by atoms with van der Waals surface area (Å²) in [5.41, 5.74) is 2.54. The zero-order valence-corrected chi connectivity index (χ0v) is 15.4. The van der Waals surface area contributed by atoms with Crippen molar-refractivity contribution in [2.24, 2.45) is 0 Å². The Morgan fingerprint density at radius 1 is 1.08 bits per heavy atom. The lowest BCUT2D eigenvalue weighted by Gasteiger charge is -2.12. The number of carbonyl (C=O) groups is 2. The normalized spacial score (nSPS) is 11.5. The van der Waals surface area contributed by atoms with Crippen LogP contribution in [-0.2, 0) is 9.59 Å². The number of ether oxygens (including phenoxy) is 1. The minimum Gasteiger partial charge on any atom is -0.497 e. The Kier molecular flexibility index (Phi) is 6.89. The van der Waals surface area contributed by atoms with Crippen molar-refractivity contribution in [3.63, 3.8) is 0 Å². The Bertz CT molecular complexity index is 732. The van der Waals surface area contributed by atoms with Crippen molar-refractivity contribution >= 4 is 35.0 Å². The van der Waals surface area contributed by atoms with Crippen LogP contribution in [0.1, 0.15) is 12.5 Å². The molecular weight excluding hydrogens is 336 g/mol. The maximum atomic E-state index is 12.2. The Labute approximate surface area is 152 Å². The molecule has 1 unspecified atom stereocenters. The minimum atomic E-state index is -0.342. The molecule has 0 fully saturated rings. The molecule has 0 aromatic heterocycles. The van der Waals surface area contributed by atoms with Gasteiger partial charge in [-0.15, -0.1) is 11.8 Å². The molecule has 2 aromatic rings. The van der Waals surface area contributed by atoms with Crippen LogP contribution in [-0.4, -0.2) is 29.9 Å². The fourth-order valence-electron chi connectivity index (χ4n) is 2.11. The number of rotatable bonds is 7. The fraction of sp³-hybridized carbons (Fsp3) is 0.263. The Morgan fingerprint density at radius 3 is 2.44 bits per heavy atom. The summed E-state index contributed by atoms with van der Waals surface area (Å²) >= 11 is 1.29. The summed E-state index contributed by atoms with van der Waals surface area (Å²) in [6.07, 6.45) is 0. The maximum Gasteiger partial charge on any atom is 0.237 e. The van der Waals surface area contributed by atoms with Crippen molar-refractivity contribution in [2.75, 3.05) is 23.5 Å². The average Bonchev–Trinajstić information content (AvgIpc) is 2.60. The quantitative estimate of drug-likeness (QED) is 0.792. The summed E-state index contributed by atoms with van der Waals surface area (Å²) in [6.45, 7) is 3.75. The number of hydrogen-bond donors (Lipinski definition) is 2. The number of carbonyl (C=O) groups excluding carboxylic acids is 2. The molecule has 5 nitrogen and oxygen atoms in total. The van der Waals surface area contributed by atoms with Crippen LogP contribution in [0.15, 0.2) is 48.5 Å². The molecule has 0 heterocycles. The van der Waals surface area contributed by atoms with Crippen molar-refractivity contribution in [2.45, 2.75) is 19.1 Å². The first-order chi connectivity index (χ1) is 12.0. The highest BCUT2D eigenvalue weighted by atomic mass is 32.2. The molecule has 2 N–H and O–H groups in total. The summed E-state index contributed by atoms with van der Waals surface area (Å²) < 4.78 is 5.08. The van der Waals surface area contributed by atoms with E-state index in [0.29, 0.717) is 5.69 Å². The van der Waals surface area contributed by atoms with Crippen molar-refractivity contribution in [1.29, 1.82) is 0 Å². The highest BCUT2D eigenvalue weighted by Crippen LogP contribution is 2.18. The smallest absolute Gasteiger partial charge is 0.237 e. The van der Waals surface area contributed by atoms with E-state index in [0.717, 1.165) is 17.0 Å². The van der Waals surface area contributed by atoms with E-state index in [4.69, 9.17) is 4.74 Å². The van der Waals surface area contributed by atoms with Crippen molar-refractivity contribution < 1.29 is 14.3 Å². The van der Waals surface area contributed by atoms with Crippen LogP contribution in [0.25, 0.3) is 0 Å². The molecule has 0 aliphatic carbocycles. The van der Waals surface area contributed by atoms with Crippen molar-refractivity contribution in [1.82, 2.24) is 0 Å². The van der Waals surface area contributed by atoms with Gasteiger partial charge in [0.1, 0.15) is 5.75 Å². The topological polar surface area (TPSA) is 67.4 Å². The van der Waals surface area contributed by atoms with E-state index in [1.54, 1.807) is 38.3 Å². The number of nitrogens with one attached hydrogen (secondary N) is 2. The van der Waals surface area contributed by atoms with Crippen LogP contribution < -0.4 is 15.4 Å². The van der Waals surface area contributed by atoms with Gasteiger partial charge in [0.05, 0.1) is 18.1 Å². The van der Waals surface area contributed by atoms with Gasteiger partial charge in [-0.05, 0) is 55.8 Å². The van der Waals surface area contributed by atoms with Gasteiger partial charge in [-0.1, -0.05) is 12.1 Å². The van der Waals surface area contributed by atoms with Gasteiger partial charge in [-0.3, -0.25) is 9.59 Å². The maximum absolute atomic E-state index is 12.2. The van der Waals surface area contributed by atoms with Gasteiger partial charge < -0.3 is 15.4 Å². The highest BCUT2D eigenvalue weighted by Gasteiger charge is 2.15. The SMILES string of the molecule is COc1ccc(NC(=O)C(C)SCC(=O)Nc2cccc(C)c2)cc1. The molecule has 2 rings (SSSR count). The summed E-state index contributed by atoms with van der Waals surface area (Å²) in [6, 6.07) is 14.7. The number of benzene rings is 2. The molecule has 0 aliphatic rings. The zero-order chi connectivity index (χ0) is 18.2. The van der Waals surface area contributed by atoms with Crippen LogP contribution in [0.5, 0.6) is 5.75 Å². The lowest BCUT2D eigenvalue weighted by Crippen LogP contribution is -2.25. The fourth-order valence-corrected chi connectivity index (χ4v) is 2.80. The predicted molar refractivity (Wildman–Crippen MR) is 103 cm³/mol. The molecule has 132 valence electrons. The molecule has 0 saturated heterocycles. The molecule has 0 aliphatic heterocycles. The van der Waals surface area contributed by atoms with Gasteiger partial charge in [0.2, 0.25) is 11.8 Å². The van der Waals surface area contributed by atoms with Gasteiger partial charge in [-0.25, -0.2) is 0 Å². The molecular formula is C19H22N2O3S. The number of thioether (sulfide) groups is 1. The number of hydrogen-bond acceptors (Lipinski definition) is 4. The van der Waals surface area contributed by atoms with Gasteiger partial charge in [0.25, 0.3) is 0 Å². The first-order valence-corrected chi connectivity index (χ1v) is 8.96. The van der Waals surface area contributed by atoms with Crippen LogP contribution in [0, 0.1) is 6.92 Å². The van der Waals surface area contributed by atoms with Gasteiger partial charge >= 0.3 is 0 Å². The Morgan fingerprint density at radius 2 is 1.80 bits per heavy atom. The molecule has 0 spiro atoms. The Hall–Kier alpha value is -2.47. The van der Waals surface area contributed by atoms with Gasteiger partial charge in [0.15, 0.2) is 0 Å². The molecule has 6 heteroatoms. The second-order valence-electron chi connectivity index (χ2n) is 5.59. The Balaban J connectivity index is 1.79. The molecule has 0 saturated carbocycles. The second kappa shape index (κ2) is 9.13. The largest absolute Gasteiger partial charge is 0.497 e. The van der Waals surface area contributed by atoms with Gasteiger partial charge in [0, 0.05) is 11.4 Å². The summed E-state index contributed by atoms with van der Waals surface area (Å²) in [5, 5.41) is 5.32. The molecule has 2 aromatic carbocycles. The van der Waals surface area contributed by atoms with E-state index in [2.05, 4.69) is 10.6 Å².